The van der Waals surface area contributed by atoms with Crippen LogP contribution in [0.3, 0.4) is 0 Å². The van der Waals surface area contributed by atoms with Gasteiger partial charge in [-0.1, -0.05) is 51.1 Å². The standard InChI is InChI=1S/C29H50O6Si4/c1-29(2,3)25-19-21-26(22-20-25)31-28(30)32-27-18-14-13-16-24(27)17-15-23-39(12,34-37(7,8)9)35-38(10,11)33-36(4,5)6/h13-14,16,18-22H,15,17,23H2,1-12H3. The van der Waals surface area contributed by atoms with Crippen molar-refractivity contribution in [1.82, 2.24) is 0 Å². The number of benzene rings is 2. The Morgan fingerprint density at radius 2 is 1.28 bits per heavy atom. The molecule has 2 rings (SSSR count). The lowest BCUT2D eigenvalue weighted by Gasteiger charge is -2.41. The summed E-state index contributed by atoms with van der Waals surface area (Å²) in [6, 6.07) is 16.0. The van der Waals surface area contributed by atoms with E-state index >= 15 is 0 Å². The first-order valence-corrected chi connectivity index (χ1v) is 26.0. The van der Waals surface area contributed by atoms with Gasteiger partial charge in [0.05, 0.1) is 0 Å². The van der Waals surface area contributed by atoms with E-state index in [1.54, 1.807) is 12.1 Å². The normalized spacial score (nSPS) is 14.6. The highest BCUT2D eigenvalue weighted by atomic mass is 28.5. The van der Waals surface area contributed by atoms with Crippen LogP contribution in [0.4, 0.5) is 4.79 Å². The van der Waals surface area contributed by atoms with Gasteiger partial charge in [0.1, 0.15) is 11.5 Å². The predicted molar refractivity (Wildman–Crippen MR) is 170 cm³/mol. The van der Waals surface area contributed by atoms with Crippen LogP contribution < -0.4 is 9.47 Å². The molecule has 0 fully saturated rings. The van der Waals surface area contributed by atoms with Gasteiger partial charge in [0, 0.05) is 0 Å². The van der Waals surface area contributed by atoms with E-state index < -0.39 is 39.9 Å². The summed E-state index contributed by atoms with van der Waals surface area (Å²) in [5.74, 6) is 0.973. The molecule has 0 saturated carbocycles. The number of carbonyl (C=O) groups excluding carboxylic acids is 1. The number of para-hydroxylation sites is 1. The van der Waals surface area contributed by atoms with E-state index in [1.165, 1.54) is 5.56 Å². The van der Waals surface area contributed by atoms with Crippen LogP contribution in [-0.2, 0) is 24.2 Å². The Kier molecular flexibility index (Phi) is 11.2. The van der Waals surface area contributed by atoms with Gasteiger partial charge in [-0.25, -0.2) is 4.79 Å². The van der Waals surface area contributed by atoms with Crippen LogP contribution in [0.1, 0.15) is 38.3 Å². The first-order valence-electron chi connectivity index (χ1n) is 13.9. The highest BCUT2D eigenvalue weighted by Crippen LogP contribution is 2.30. The molecule has 0 radical (unpaired) electrons. The second-order valence-electron chi connectivity index (χ2n) is 13.8. The van der Waals surface area contributed by atoms with E-state index in [9.17, 15) is 4.79 Å². The molecule has 0 spiro atoms. The fourth-order valence-corrected chi connectivity index (χ4v) is 22.6. The molecule has 0 aliphatic rings. The molecule has 0 aliphatic carbocycles. The third kappa shape index (κ3) is 12.7. The Bertz CT molecular complexity index is 1080. The monoisotopic (exact) mass is 606 g/mol. The predicted octanol–water partition coefficient (Wildman–Crippen LogP) is 8.99. The van der Waals surface area contributed by atoms with E-state index in [2.05, 4.69) is 79.7 Å². The quantitative estimate of drug-likeness (QED) is 0.136. The van der Waals surface area contributed by atoms with E-state index in [1.807, 2.05) is 36.4 Å². The van der Waals surface area contributed by atoms with Gasteiger partial charge in [-0.05, 0) is 113 Å². The van der Waals surface area contributed by atoms with Gasteiger partial charge in [-0.2, -0.15) is 0 Å². The Hall–Kier alpha value is -1.54. The lowest BCUT2D eigenvalue weighted by molar-refractivity contribution is 0.151. The molecule has 0 saturated heterocycles. The Morgan fingerprint density at radius 1 is 0.718 bits per heavy atom. The minimum atomic E-state index is -2.50. The molecule has 0 aromatic heterocycles. The van der Waals surface area contributed by atoms with E-state index in [-0.39, 0.29) is 5.41 Å². The number of aryl methyl sites for hydroxylation is 1. The summed E-state index contributed by atoms with van der Waals surface area (Å²) in [5.41, 5.74) is 2.16. The molecule has 0 heterocycles. The lowest BCUT2D eigenvalue weighted by atomic mass is 9.87. The molecule has 39 heavy (non-hydrogen) atoms. The second-order valence-corrected chi connectivity index (χ2v) is 30.2. The summed E-state index contributed by atoms with van der Waals surface area (Å²) in [6.07, 6.45) is 0.849. The second kappa shape index (κ2) is 13.0. The van der Waals surface area contributed by atoms with Crippen molar-refractivity contribution in [2.45, 2.75) is 104 Å². The third-order valence-corrected chi connectivity index (χ3v) is 19.2. The summed E-state index contributed by atoms with van der Waals surface area (Å²) in [4.78, 5) is 12.6. The van der Waals surface area contributed by atoms with Crippen molar-refractivity contribution in [3.63, 3.8) is 0 Å². The number of hydrogen-bond donors (Lipinski definition) is 0. The van der Waals surface area contributed by atoms with Crippen LogP contribution >= 0.6 is 0 Å². The number of ether oxygens (including phenoxy) is 2. The fraction of sp³-hybridized carbons (Fsp3) is 0.552. The summed E-state index contributed by atoms with van der Waals surface area (Å²) in [5, 5.41) is 0. The van der Waals surface area contributed by atoms with Crippen LogP contribution in [0.25, 0.3) is 0 Å². The summed E-state index contributed by atoms with van der Waals surface area (Å²) in [6.45, 7) is 26.1. The molecule has 6 nitrogen and oxygen atoms in total. The molecule has 2 aromatic carbocycles. The minimum Gasteiger partial charge on any atom is -0.437 e. The smallest absolute Gasteiger partial charge is 0.437 e. The molecule has 0 aliphatic heterocycles. The van der Waals surface area contributed by atoms with Crippen LogP contribution in [0, 0.1) is 0 Å². The van der Waals surface area contributed by atoms with Crippen molar-refractivity contribution in [2.24, 2.45) is 0 Å². The van der Waals surface area contributed by atoms with Crippen LogP contribution in [0.2, 0.25) is 65.0 Å². The molecule has 0 amide bonds. The average Bonchev–Trinajstić information content (AvgIpc) is 2.71. The minimum absolute atomic E-state index is 0.0291. The Morgan fingerprint density at radius 3 is 1.82 bits per heavy atom. The first-order chi connectivity index (χ1) is 17.7. The maximum Gasteiger partial charge on any atom is 0.519 e. The summed E-state index contributed by atoms with van der Waals surface area (Å²) in [7, 11) is -8.44. The van der Waals surface area contributed by atoms with Crippen molar-refractivity contribution in [2.75, 3.05) is 0 Å². The zero-order chi connectivity index (χ0) is 29.7. The van der Waals surface area contributed by atoms with Crippen molar-refractivity contribution < 1.29 is 26.6 Å². The SMILES string of the molecule is CC(C)(C)c1ccc(OC(=O)Oc2ccccc2CCC[Si](C)(O[Si](C)(C)C)O[Si](C)(C)O[Si](C)(C)C)cc1. The maximum absolute atomic E-state index is 12.6. The van der Waals surface area contributed by atoms with Gasteiger partial charge >= 0.3 is 23.3 Å². The zero-order valence-electron chi connectivity index (χ0n) is 26.2. The molecule has 0 N–H and O–H groups in total. The van der Waals surface area contributed by atoms with Gasteiger partial charge < -0.3 is 21.8 Å². The number of carbonyl (C=O) groups is 1. The molecule has 10 heteroatoms. The zero-order valence-corrected chi connectivity index (χ0v) is 30.2. The maximum atomic E-state index is 12.6. The van der Waals surface area contributed by atoms with Crippen LogP contribution in [-0.4, -0.2) is 39.9 Å². The van der Waals surface area contributed by atoms with Gasteiger partial charge in [0.15, 0.2) is 16.6 Å². The van der Waals surface area contributed by atoms with Crippen molar-refractivity contribution in [3.05, 3.63) is 59.7 Å². The van der Waals surface area contributed by atoms with E-state index in [0.717, 1.165) is 24.4 Å². The summed E-state index contributed by atoms with van der Waals surface area (Å²) >= 11 is 0. The largest absolute Gasteiger partial charge is 0.519 e. The highest BCUT2D eigenvalue weighted by Gasteiger charge is 2.44. The van der Waals surface area contributed by atoms with Gasteiger partial charge in [0.2, 0.25) is 0 Å². The fourth-order valence-electron chi connectivity index (χ4n) is 4.69. The first kappa shape index (κ1) is 33.7. The van der Waals surface area contributed by atoms with Crippen molar-refractivity contribution in [1.29, 1.82) is 0 Å². The Balaban J connectivity index is 2.07. The lowest BCUT2D eigenvalue weighted by Crippen LogP contribution is -2.56. The van der Waals surface area contributed by atoms with Crippen LogP contribution in [0.5, 0.6) is 11.5 Å². The van der Waals surface area contributed by atoms with E-state index in [4.69, 9.17) is 21.8 Å². The van der Waals surface area contributed by atoms with Gasteiger partial charge in [0.25, 0.3) is 0 Å². The average molecular weight is 607 g/mol. The Labute approximate surface area is 241 Å². The molecule has 1 atom stereocenters. The molecule has 1 unspecified atom stereocenters. The van der Waals surface area contributed by atoms with Gasteiger partial charge in [-0.3, -0.25) is 0 Å². The molecular weight excluding hydrogens is 557 g/mol. The van der Waals surface area contributed by atoms with Gasteiger partial charge in [-0.15, -0.1) is 0 Å². The van der Waals surface area contributed by atoms with E-state index in [0.29, 0.717) is 11.5 Å². The topological polar surface area (TPSA) is 63.2 Å². The third-order valence-electron chi connectivity index (χ3n) is 5.70. The molecule has 2 aromatic rings. The van der Waals surface area contributed by atoms with Crippen molar-refractivity contribution in [3.8, 4) is 11.5 Å². The van der Waals surface area contributed by atoms with Crippen molar-refractivity contribution >= 4 is 39.9 Å². The van der Waals surface area contributed by atoms with Crippen LogP contribution in [0.15, 0.2) is 48.5 Å². The number of hydrogen-bond acceptors (Lipinski definition) is 6. The molecule has 218 valence electrons. The molecular formula is C29H50O6Si4. The highest BCUT2D eigenvalue weighted by molar-refractivity contribution is 6.89. The summed E-state index contributed by atoms with van der Waals surface area (Å²) < 4.78 is 31.1. The number of rotatable bonds is 12. The molecule has 0 bridgehead atoms.